The third-order valence-electron chi connectivity index (χ3n) is 3.00. The number of benzene rings is 1. The molecule has 1 N–H and O–H groups in total. The SMILES string of the molecule is CCCS(=O)CC(NCC)c1cc(C)ccc1OC. The number of methoxy groups -OCH3 is 1. The lowest BCUT2D eigenvalue weighted by atomic mass is 10.0. The van der Waals surface area contributed by atoms with Crippen molar-refractivity contribution < 1.29 is 8.95 Å². The van der Waals surface area contributed by atoms with Crippen LogP contribution in [-0.2, 0) is 10.8 Å². The van der Waals surface area contributed by atoms with Gasteiger partial charge >= 0.3 is 0 Å². The number of aryl methyl sites for hydroxylation is 1. The largest absolute Gasteiger partial charge is 0.496 e. The van der Waals surface area contributed by atoms with Crippen molar-refractivity contribution in [2.24, 2.45) is 0 Å². The highest BCUT2D eigenvalue weighted by Crippen LogP contribution is 2.27. The van der Waals surface area contributed by atoms with Crippen molar-refractivity contribution in [2.45, 2.75) is 33.2 Å². The number of rotatable bonds is 8. The fraction of sp³-hybridized carbons (Fsp3) is 0.600. The van der Waals surface area contributed by atoms with E-state index in [2.05, 4.69) is 32.2 Å². The van der Waals surface area contributed by atoms with E-state index in [-0.39, 0.29) is 6.04 Å². The highest BCUT2D eigenvalue weighted by molar-refractivity contribution is 7.85. The van der Waals surface area contributed by atoms with E-state index in [4.69, 9.17) is 4.74 Å². The summed E-state index contributed by atoms with van der Waals surface area (Å²) in [6.07, 6.45) is 0.955. The predicted octanol–water partition coefficient (Wildman–Crippen LogP) is 2.81. The molecule has 0 aliphatic heterocycles. The first-order chi connectivity index (χ1) is 9.12. The van der Waals surface area contributed by atoms with Gasteiger partial charge in [-0.05, 0) is 26.0 Å². The number of hydrogen-bond donors (Lipinski definition) is 1. The second kappa shape index (κ2) is 8.33. The Morgan fingerprint density at radius 2 is 2.11 bits per heavy atom. The van der Waals surface area contributed by atoms with Gasteiger partial charge in [-0.2, -0.15) is 0 Å². The smallest absolute Gasteiger partial charge is 0.123 e. The van der Waals surface area contributed by atoms with E-state index in [1.807, 2.05) is 12.1 Å². The first-order valence-electron chi connectivity index (χ1n) is 6.85. The van der Waals surface area contributed by atoms with Crippen LogP contribution in [0.25, 0.3) is 0 Å². The highest BCUT2D eigenvalue weighted by Gasteiger charge is 2.18. The topological polar surface area (TPSA) is 38.3 Å². The van der Waals surface area contributed by atoms with Crippen molar-refractivity contribution >= 4 is 10.8 Å². The first-order valence-corrected chi connectivity index (χ1v) is 8.34. The summed E-state index contributed by atoms with van der Waals surface area (Å²) in [6, 6.07) is 6.23. The van der Waals surface area contributed by atoms with Gasteiger partial charge < -0.3 is 10.1 Å². The molecule has 4 heteroatoms. The average molecular weight is 283 g/mol. The van der Waals surface area contributed by atoms with Crippen molar-refractivity contribution in [3.8, 4) is 5.75 Å². The van der Waals surface area contributed by atoms with Gasteiger partial charge in [-0.1, -0.05) is 31.5 Å². The molecule has 0 aliphatic carbocycles. The molecule has 0 saturated carbocycles. The molecule has 2 atom stereocenters. The van der Waals surface area contributed by atoms with Gasteiger partial charge in [-0.15, -0.1) is 0 Å². The van der Waals surface area contributed by atoms with E-state index in [0.717, 1.165) is 30.0 Å². The molecule has 3 nitrogen and oxygen atoms in total. The zero-order valence-corrected chi connectivity index (χ0v) is 13.2. The molecule has 1 aromatic rings. The standard InChI is InChI=1S/C15H25NO2S/c1-5-9-19(17)11-14(16-6-2)13-10-12(3)7-8-15(13)18-4/h7-8,10,14,16H,5-6,9,11H2,1-4H3. The molecule has 0 heterocycles. The van der Waals surface area contributed by atoms with Gasteiger partial charge in [0.05, 0.1) is 7.11 Å². The van der Waals surface area contributed by atoms with Crippen LogP contribution in [0.5, 0.6) is 5.75 Å². The lowest BCUT2D eigenvalue weighted by Crippen LogP contribution is -2.27. The molecule has 0 spiro atoms. The molecule has 0 amide bonds. The fourth-order valence-corrected chi connectivity index (χ4v) is 3.42. The van der Waals surface area contributed by atoms with Gasteiger partial charge in [-0.25, -0.2) is 0 Å². The average Bonchev–Trinajstić information content (AvgIpc) is 2.38. The third kappa shape index (κ3) is 4.96. The molecule has 108 valence electrons. The molecule has 0 saturated heterocycles. The van der Waals surface area contributed by atoms with Crippen LogP contribution in [0.3, 0.4) is 0 Å². The Bertz CT molecular complexity index is 421. The Kier molecular flexibility index (Phi) is 7.10. The van der Waals surface area contributed by atoms with Crippen LogP contribution < -0.4 is 10.1 Å². The van der Waals surface area contributed by atoms with Gasteiger partial charge in [0.25, 0.3) is 0 Å². The Hall–Kier alpha value is -0.870. The molecule has 0 radical (unpaired) electrons. The van der Waals surface area contributed by atoms with Crippen LogP contribution in [0.2, 0.25) is 0 Å². The Morgan fingerprint density at radius 1 is 1.37 bits per heavy atom. The van der Waals surface area contributed by atoms with Crippen molar-refractivity contribution in [2.75, 3.05) is 25.2 Å². The maximum atomic E-state index is 12.0. The molecule has 0 fully saturated rings. The van der Waals surface area contributed by atoms with Crippen molar-refractivity contribution in [3.05, 3.63) is 29.3 Å². The zero-order chi connectivity index (χ0) is 14.3. The first kappa shape index (κ1) is 16.2. The van der Waals surface area contributed by atoms with Crippen LogP contribution in [0.4, 0.5) is 0 Å². The van der Waals surface area contributed by atoms with Gasteiger partial charge in [0.1, 0.15) is 5.75 Å². The van der Waals surface area contributed by atoms with Crippen molar-refractivity contribution in [3.63, 3.8) is 0 Å². The maximum Gasteiger partial charge on any atom is 0.123 e. The van der Waals surface area contributed by atoms with Crippen molar-refractivity contribution in [1.29, 1.82) is 0 Å². The molecule has 2 unspecified atom stereocenters. The van der Waals surface area contributed by atoms with Gasteiger partial charge in [0, 0.05) is 33.9 Å². The van der Waals surface area contributed by atoms with Crippen LogP contribution in [-0.4, -0.2) is 29.4 Å². The van der Waals surface area contributed by atoms with Gasteiger partial charge in [-0.3, -0.25) is 4.21 Å². The van der Waals surface area contributed by atoms with Crippen LogP contribution in [0.1, 0.15) is 37.4 Å². The number of hydrogen-bond acceptors (Lipinski definition) is 3. The summed E-state index contributed by atoms with van der Waals surface area (Å²) >= 11 is 0. The second-order valence-electron chi connectivity index (χ2n) is 4.67. The summed E-state index contributed by atoms with van der Waals surface area (Å²) < 4.78 is 17.4. The lowest BCUT2D eigenvalue weighted by Gasteiger charge is -2.21. The van der Waals surface area contributed by atoms with E-state index in [1.165, 1.54) is 5.56 Å². The molecule has 19 heavy (non-hydrogen) atoms. The summed E-state index contributed by atoms with van der Waals surface area (Å²) in [5.41, 5.74) is 2.30. The fourth-order valence-electron chi connectivity index (χ4n) is 2.13. The third-order valence-corrected chi connectivity index (χ3v) is 4.56. The van der Waals surface area contributed by atoms with E-state index in [0.29, 0.717) is 5.75 Å². The molecule has 0 bridgehead atoms. The lowest BCUT2D eigenvalue weighted by molar-refractivity contribution is 0.402. The van der Waals surface area contributed by atoms with E-state index >= 15 is 0 Å². The Morgan fingerprint density at radius 3 is 2.68 bits per heavy atom. The normalized spacial score (nSPS) is 14.1. The minimum Gasteiger partial charge on any atom is -0.496 e. The summed E-state index contributed by atoms with van der Waals surface area (Å²) in [4.78, 5) is 0. The monoisotopic (exact) mass is 283 g/mol. The summed E-state index contributed by atoms with van der Waals surface area (Å²) in [5.74, 6) is 2.27. The van der Waals surface area contributed by atoms with Gasteiger partial charge in [0.15, 0.2) is 0 Å². The summed E-state index contributed by atoms with van der Waals surface area (Å²) in [6.45, 7) is 7.05. The van der Waals surface area contributed by atoms with Crippen LogP contribution >= 0.6 is 0 Å². The quantitative estimate of drug-likeness (QED) is 0.797. The van der Waals surface area contributed by atoms with Crippen LogP contribution in [0, 0.1) is 6.92 Å². The predicted molar refractivity (Wildman–Crippen MR) is 82.3 cm³/mol. The van der Waals surface area contributed by atoms with E-state index in [9.17, 15) is 4.21 Å². The highest BCUT2D eigenvalue weighted by atomic mass is 32.2. The minimum absolute atomic E-state index is 0.0900. The van der Waals surface area contributed by atoms with Crippen LogP contribution in [0.15, 0.2) is 18.2 Å². The minimum atomic E-state index is -0.787. The summed E-state index contributed by atoms with van der Waals surface area (Å²) in [7, 11) is 0.894. The van der Waals surface area contributed by atoms with Crippen molar-refractivity contribution in [1.82, 2.24) is 5.32 Å². The maximum absolute atomic E-state index is 12.0. The van der Waals surface area contributed by atoms with Gasteiger partial charge in [0.2, 0.25) is 0 Å². The van der Waals surface area contributed by atoms with E-state index in [1.54, 1.807) is 7.11 Å². The molecule has 0 aliphatic rings. The molecule has 1 rings (SSSR count). The Labute approximate surface area is 119 Å². The summed E-state index contributed by atoms with van der Waals surface area (Å²) in [5, 5.41) is 3.42. The zero-order valence-electron chi connectivity index (χ0n) is 12.4. The molecule has 0 aromatic heterocycles. The molecular weight excluding hydrogens is 258 g/mol. The number of nitrogens with one attached hydrogen (secondary N) is 1. The van der Waals surface area contributed by atoms with E-state index < -0.39 is 10.8 Å². The number of ether oxygens (including phenoxy) is 1. The Balaban J connectivity index is 2.97. The molecular formula is C15H25NO2S. The molecule has 1 aromatic carbocycles. The second-order valence-corrected chi connectivity index (χ2v) is 6.29.